The lowest BCUT2D eigenvalue weighted by Crippen LogP contribution is -2.30. The van der Waals surface area contributed by atoms with Gasteiger partial charge in [-0.3, -0.25) is 14.4 Å². The summed E-state index contributed by atoms with van der Waals surface area (Å²) in [5.74, 6) is 0.211. The number of hydrogen-bond donors (Lipinski definition) is 3. The van der Waals surface area contributed by atoms with Crippen molar-refractivity contribution in [1.82, 2.24) is 5.32 Å². The summed E-state index contributed by atoms with van der Waals surface area (Å²) in [6.45, 7) is 1.98. The van der Waals surface area contributed by atoms with Crippen molar-refractivity contribution < 1.29 is 28.6 Å². The highest BCUT2D eigenvalue weighted by atomic mass is 32.2. The second-order valence-corrected chi connectivity index (χ2v) is 10.6. The Kier molecular flexibility index (Phi) is 11.0. The molecule has 4 aromatic rings. The van der Waals surface area contributed by atoms with Gasteiger partial charge in [0.05, 0.1) is 27.1 Å². The standard InChI is InChI=1S/C34H33N3O6S/c1-22-13-15-25(16-14-22)35-31(38)21-44-27-12-8-11-26(20-27)36-34(40)28(37-33(39)24-9-6-5-7-10-24)17-23-18-29(41-2)32(43-4)30(19-23)42-3/h5-20H,21H2,1-4H3,(H,35,38)(H,36,40)(H,37,39)/b28-17+. The summed E-state index contributed by atoms with van der Waals surface area (Å²) >= 11 is 1.34. The molecule has 9 nitrogen and oxygen atoms in total. The van der Waals surface area contributed by atoms with Gasteiger partial charge in [0.2, 0.25) is 11.7 Å². The minimum absolute atomic E-state index is 0.0105. The van der Waals surface area contributed by atoms with Gasteiger partial charge >= 0.3 is 0 Å². The van der Waals surface area contributed by atoms with Crippen molar-refractivity contribution in [3.63, 3.8) is 0 Å². The number of methoxy groups -OCH3 is 3. The van der Waals surface area contributed by atoms with Crippen LogP contribution >= 0.6 is 11.8 Å². The highest BCUT2D eigenvalue weighted by Gasteiger charge is 2.18. The topological polar surface area (TPSA) is 115 Å². The highest BCUT2D eigenvalue weighted by Crippen LogP contribution is 2.38. The molecule has 4 aromatic carbocycles. The molecule has 3 N–H and O–H groups in total. The molecule has 0 heterocycles. The number of benzene rings is 4. The van der Waals surface area contributed by atoms with Gasteiger partial charge in [0.25, 0.3) is 11.8 Å². The lowest BCUT2D eigenvalue weighted by molar-refractivity contribution is -0.114. The van der Waals surface area contributed by atoms with E-state index < -0.39 is 11.8 Å². The molecule has 0 radical (unpaired) electrons. The average molecular weight is 612 g/mol. The zero-order valence-electron chi connectivity index (χ0n) is 24.8. The van der Waals surface area contributed by atoms with E-state index in [-0.39, 0.29) is 17.4 Å². The SMILES string of the molecule is COc1cc(/C=C(/NC(=O)c2ccccc2)C(=O)Nc2cccc(SCC(=O)Nc3ccc(C)cc3)c2)cc(OC)c1OC. The third-order valence-corrected chi connectivity index (χ3v) is 7.32. The van der Waals surface area contributed by atoms with Gasteiger partial charge in [-0.2, -0.15) is 0 Å². The highest BCUT2D eigenvalue weighted by molar-refractivity contribution is 8.00. The first-order valence-corrected chi connectivity index (χ1v) is 14.6. The normalized spacial score (nSPS) is 10.9. The van der Waals surface area contributed by atoms with E-state index in [0.29, 0.717) is 34.1 Å². The molecule has 4 rings (SSSR count). The Hall–Kier alpha value is -5.22. The predicted molar refractivity (Wildman–Crippen MR) is 174 cm³/mol. The zero-order valence-corrected chi connectivity index (χ0v) is 25.6. The zero-order chi connectivity index (χ0) is 31.5. The molecule has 0 atom stereocenters. The maximum absolute atomic E-state index is 13.6. The van der Waals surface area contributed by atoms with E-state index in [4.69, 9.17) is 14.2 Å². The summed E-state index contributed by atoms with van der Waals surface area (Å²) in [5.41, 5.74) is 3.23. The molecule has 0 saturated heterocycles. The van der Waals surface area contributed by atoms with Gasteiger partial charge in [-0.05, 0) is 73.2 Å². The van der Waals surface area contributed by atoms with Gasteiger partial charge in [0.1, 0.15) is 5.70 Å². The molecule has 226 valence electrons. The van der Waals surface area contributed by atoms with Crippen LogP contribution in [0.3, 0.4) is 0 Å². The van der Waals surface area contributed by atoms with Gasteiger partial charge in [-0.15, -0.1) is 11.8 Å². The Bertz CT molecular complexity index is 1630. The van der Waals surface area contributed by atoms with Crippen molar-refractivity contribution in [2.45, 2.75) is 11.8 Å². The van der Waals surface area contributed by atoms with Crippen LogP contribution in [-0.4, -0.2) is 44.8 Å². The predicted octanol–water partition coefficient (Wildman–Crippen LogP) is 6.16. The second kappa shape index (κ2) is 15.3. The van der Waals surface area contributed by atoms with Gasteiger partial charge in [0.15, 0.2) is 11.5 Å². The first-order chi connectivity index (χ1) is 21.3. The largest absolute Gasteiger partial charge is 0.493 e. The molecule has 0 saturated carbocycles. The summed E-state index contributed by atoms with van der Waals surface area (Å²) in [5, 5.41) is 8.45. The van der Waals surface area contributed by atoms with Gasteiger partial charge in [-0.1, -0.05) is 42.0 Å². The van der Waals surface area contributed by atoms with Crippen LogP contribution in [0.25, 0.3) is 6.08 Å². The van der Waals surface area contributed by atoms with Crippen LogP contribution in [0.4, 0.5) is 11.4 Å². The Morgan fingerprint density at radius 1 is 0.750 bits per heavy atom. The number of carbonyl (C=O) groups excluding carboxylic acids is 3. The number of ether oxygens (including phenoxy) is 3. The fourth-order valence-electron chi connectivity index (χ4n) is 4.14. The summed E-state index contributed by atoms with van der Waals surface area (Å²) in [6.07, 6.45) is 1.52. The molecule has 0 bridgehead atoms. The molecule has 0 aliphatic carbocycles. The third kappa shape index (κ3) is 8.65. The minimum Gasteiger partial charge on any atom is -0.493 e. The van der Waals surface area contributed by atoms with Gasteiger partial charge in [0, 0.05) is 21.8 Å². The fourth-order valence-corrected chi connectivity index (χ4v) is 4.89. The van der Waals surface area contributed by atoms with Gasteiger partial charge in [-0.25, -0.2) is 0 Å². The molecule has 44 heavy (non-hydrogen) atoms. The first-order valence-electron chi connectivity index (χ1n) is 13.6. The van der Waals surface area contributed by atoms with Crippen molar-refractivity contribution in [3.05, 3.63) is 113 Å². The smallest absolute Gasteiger partial charge is 0.272 e. The molecule has 10 heteroatoms. The minimum atomic E-state index is -0.553. The van der Waals surface area contributed by atoms with Crippen molar-refractivity contribution in [3.8, 4) is 17.2 Å². The molecule has 0 aliphatic rings. The molecular weight excluding hydrogens is 578 g/mol. The number of rotatable bonds is 12. The average Bonchev–Trinajstić information content (AvgIpc) is 3.04. The van der Waals surface area contributed by atoms with Crippen LogP contribution in [0.5, 0.6) is 17.2 Å². The third-order valence-electron chi connectivity index (χ3n) is 6.32. The summed E-state index contributed by atoms with van der Waals surface area (Å²) in [7, 11) is 4.48. The van der Waals surface area contributed by atoms with Crippen LogP contribution in [0, 0.1) is 6.92 Å². The Morgan fingerprint density at radius 3 is 2.07 bits per heavy atom. The molecule has 0 unspecified atom stereocenters. The maximum atomic E-state index is 13.6. The molecule has 0 fully saturated rings. The van der Waals surface area contributed by atoms with E-state index in [1.54, 1.807) is 60.7 Å². The number of thioether (sulfide) groups is 1. The molecule has 0 aliphatic heterocycles. The Balaban J connectivity index is 1.54. The lowest BCUT2D eigenvalue weighted by Gasteiger charge is -2.15. The summed E-state index contributed by atoms with van der Waals surface area (Å²) in [6, 6.07) is 26.6. The van der Waals surface area contributed by atoms with Crippen LogP contribution < -0.4 is 30.2 Å². The van der Waals surface area contributed by atoms with E-state index in [9.17, 15) is 14.4 Å². The maximum Gasteiger partial charge on any atom is 0.272 e. The first kappa shape index (κ1) is 31.7. The van der Waals surface area contributed by atoms with E-state index in [1.807, 2.05) is 37.3 Å². The summed E-state index contributed by atoms with van der Waals surface area (Å²) in [4.78, 5) is 39.9. The molecule has 0 spiro atoms. The van der Waals surface area contributed by atoms with E-state index in [1.165, 1.54) is 39.2 Å². The molecule has 3 amide bonds. The van der Waals surface area contributed by atoms with Crippen molar-refractivity contribution in [2.24, 2.45) is 0 Å². The molecule has 0 aromatic heterocycles. The quantitative estimate of drug-likeness (QED) is 0.130. The van der Waals surface area contributed by atoms with Crippen LogP contribution in [0.15, 0.2) is 102 Å². The summed E-state index contributed by atoms with van der Waals surface area (Å²) < 4.78 is 16.3. The van der Waals surface area contributed by atoms with E-state index in [0.717, 1.165) is 16.1 Å². The lowest BCUT2D eigenvalue weighted by atomic mass is 10.1. The fraction of sp³-hybridized carbons (Fsp3) is 0.147. The number of carbonyl (C=O) groups is 3. The van der Waals surface area contributed by atoms with Crippen LogP contribution in [0.1, 0.15) is 21.5 Å². The van der Waals surface area contributed by atoms with Gasteiger partial charge < -0.3 is 30.2 Å². The van der Waals surface area contributed by atoms with Crippen LogP contribution in [0.2, 0.25) is 0 Å². The molecular formula is C34H33N3O6S. The number of amides is 3. The van der Waals surface area contributed by atoms with Crippen molar-refractivity contribution >= 4 is 46.9 Å². The number of nitrogens with one attached hydrogen (secondary N) is 3. The Morgan fingerprint density at radius 2 is 1.43 bits per heavy atom. The van der Waals surface area contributed by atoms with E-state index >= 15 is 0 Å². The van der Waals surface area contributed by atoms with Crippen molar-refractivity contribution in [2.75, 3.05) is 37.7 Å². The van der Waals surface area contributed by atoms with Crippen molar-refractivity contribution in [1.29, 1.82) is 0 Å². The number of aryl methyl sites for hydroxylation is 1. The number of anilines is 2. The van der Waals surface area contributed by atoms with Crippen LogP contribution in [-0.2, 0) is 9.59 Å². The Labute approximate surface area is 260 Å². The second-order valence-electron chi connectivity index (χ2n) is 9.52. The monoisotopic (exact) mass is 611 g/mol. The number of hydrogen-bond acceptors (Lipinski definition) is 7. The van der Waals surface area contributed by atoms with E-state index in [2.05, 4.69) is 16.0 Å².